The average molecular weight is 477 g/mol. The number of nitrogens with zero attached hydrogens (tertiary/aromatic N) is 2. The number of rotatable bonds is 7. The van der Waals surface area contributed by atoms with Crippen molar-refractivity contribution in [1.82, 2.24) is 8.61 Å². The summed E-state index contributed by atoms with van der Waals surface area (Å²) < 4.78 is 61.2. The summed E-state index contributed by atoms with van der Waals surface area (Å²) in [6.45, 7) is 3.13. The molecule has 2 heterocycles. The highest BCUT2D eigenvalue weighted by Gasteiger charge is 2.43. The van der Waals surface area contributed by atoms with E-state index in [9.17, 15) is 16.8 Å². The number of benzene rings is 1. The summed E-state index contributed by atoms with van der Waals surface area (Å²) >= 11 is 6.15. The van der Waals surface area contributed by atoms with Gasteiger partial charge in [-0.1, -0.05) is 18.0 Å². The van der Waals surface area contributed by atoms with E-state index in [4.69, 9.17) is 16.3 Å². The largest absolute Gasteiger partial charge is 0.492 e. The molecule has 2 unspecified atom stereocenters. The van der Waals surface area contributed by atoms with Crippen LogP contribution in [0.25, 0.3) is 0 Å². The van der Waals surface area contributed by atoms with Crippen molar-refractivity contribution in [2.75, 3.05) is 25.4 Å². The van der Waals surface area contributed by atoms with Gasteiger partial charge < -0.3 is 4.74 Å². The quantitative estimate of drug-likeness (QED) is 0.603. The van der Waals surface area contributed by atoms with Crippen LogP contribution in [-0.2, 0) is 20.0 Å². The molecule has 0 aromatic heterocycles. The second-order valence-electron chi connectivity index (χ2n) is 8.55. The van der Waals surface area contributed by atoms with Gasteiger partial charge in [0.15, 0.2) is 0 Å². The number of ether oxygens (including phenoxy) is 1. The van der Waals surface area contributed by atoms with E-state index in [0.29, 0.717) is 49.2 Å². The predicted octanol–water partition coefficient (Wildman–Crippen LogP) is 3.10. The minimum absolute atomic E-state index is 0.0685. The van der Waals surface area contributed by atoms with Crippen LogP contribution < -0.4 is 4.74 Å². The number of hydrogen-bond donors (Lipinski definition) is 0. The number of halogens is 1. The average Bonchev–Trinajstić information content (AvgIpc) is 3.47. The van der Waals surface area contributed by atoms with Gasteiger partial charge >= 0.3 is 0 Å². The Bertz CT molecular complexity index is 994. The Balaban J connectivity index is 1.65. The fourth-order valence-electron chi connectivity index (χ4n) is 4.44. The lowest BCUT2D eigenvalue weighted by Gasteiger charge is -2.40. The van der Waals surface area contributed by atoms with Crippen molar-refractivity contribution < 1.29 is 21.6 Å². The van der Waals surface area contributed by atoms with Gasteiger partial charge in [0, 0.05) is 30.2 Å². The summed E-state index contributed by atoms with van der Waals surface area (Å²) in [4.78, 5) is 0.0685. The van der Waals surface area contributed by atoms with Crippen molar-refractivity contribution in [2.45, 2.75) is 62.4 Å². The lowest BCUT2D eigenvalue weighted by Crippen LogP contribution is -2.54. The molecule has 2 atom stereocenters. The topological polar surface area (TPSA) is 84.0 Å². The Kier molecular flexibility index (Phi) is 6.38. The molecule has 3 fully saturated rings. The van der Waals surface area contributed by atoms with Crippen LogP contribution in [0.1, 0.15) is 45.4 Å². The highest BCUT2D eigenvalue weighted by atomic mass is 35.5. The molecule has 10 heteroatoms. The molecule has 0 N–H and O–H groups in total. The summed E-state index contributed by atoms with van der Waals surface area (Å²) in [5, 5.41) is 0.330. The zero-order valence-corrected chi connectivity index (χ0v) is 19.6. The van der Waals surface area contributed by atoms with E-state index < -0.39 is 32.1 Å². The standard InChI is InChI=1S/C20H29ClN2O5S2/c1-15(22-11-4-12-29(22,24)25)18-5-2-3-10-23(18)30(26,27)20-13-17(21)8-9-19(20)28-14-16-6-7-16/h8-9,13,15-16,18H,2-7,10-12,14H2,1H3. The molecule has 1 aromatic carbocycles. The number of sulfonamides is 2. The molecule has 1 saturated carbocycles. The third-order valence-electron chi connectivity index (χ3n) is 6.31. The van der Waals surface area contributed by atoms with Gasteiger partial charge in [0.2, 0.25) is 20.0 Å². The van der Waals surface area contributed by atoms with Gasteiger partial charge in [-0.05, 0) is 63.1 Å². The van der Waals surface area contributed by atoms with Crippen molar-refractivity contribution in [3.05, 3.63) is 23.2 Å². The van der Waals surface area contributed by atoms with Crippen LogP contribution in [0, 0.1) is 5.92 Å². The Morgan fingerprint density at radius 1 is 1.17 bits per heavy atom. The molecular weight excluding hydrogens is 448 g/mol. The van der Waals surface area contributed by atoms with Gasteiger partial charge in [-0.25, -0.2) is 16.8 Å². The molecule has 4 rings (SSSR count). The first-order chi connectivity index (χ1) is 14.2. The van der Waals surface area contributed by atoms with Crippen molar-refractivity contribution in [1.29, 1.82) is 0 Å². The van der Waals surface area contributed by atoms with E-state index >= 15 is 0 Å². The van der Waals surface area contributed by atoms with Crippen molar-refractivity contribution in [3.8, 4) is 5.75 Å². The van der Waals surface area contributed by atoms with E-state index in [1.807, 2.05) is 6.92 Å². The first-order valence-electron chi connectivity index (χ1n) is 10.6. The molecule has 1 aromatic rings. The maximum atomic E-state index is 13.7. The second kappa shape index (κ2) is 8.58. The lowest BCUT2D eigenvalue weighted by atomic mass is 9.99. The third kappa shape index (κ3) is 4.50. The first kappa shape index (κ1) is 22.3. The maximum absolute atomic E-state index is 13.7. The minimum atomic E-state index is -3.90. The van der Waals surface area contributed by atoms with Crippen LogP contribution in [0.15, 0.2) is 23.1 Å². The van der Waals surface area contributed by atoms with E-state index in [0.717, 1.165) is 25.7 Å². The molecule has 0 bridgehead atoms. The van der Waals surface area contributed by atoms with Gasteiger partial charge in [-0.2, -0.15) is 8.61 Å². The zero-order valence-electron chi connectivity index (χ0n) is 17.2. The van der Waals surface area contributed by atoms with Gasteiger partial charge in [0.05, 0.1) is 12.4 Å². The second-order valence-corrected chi connectivity index (χ2v) is 12.9. The zero-order chi connectivity index (χ0) is 21.5. The molecule has 7 nitrogen and oxygen atoms in total. The van der Waals surface area contributed by atoms with Crippen molar-refractivity contribution in [3.63, 3.8) is 0 Å². The van der Waals surface area contributed by atoms with Gasteiger partial charge in [-0.3, -0.25) is 0 Å². The molecule has 2 aliphatic heterocycles. The molecule has 168 valence electrons. The molecule has 3 aliphatic rings. The normalized spacial score (nSPS) is 26.5. The third-order valence-corrected chi connectivity index (χ3v) is 10.5. The molecule has 2 saturated heterocycles. The van der Waals surface area contributed by atoms with Crippen LogP contribution >= 0.6 is 11.6 Å². The maximum Gasteiger partial charge on any atom is 0.247 e. The Morgan fingerprint density at radius 2 is 1.93 bits per heavy atom. The van der Waals surface area contributed by atoms with E-state index in [1.165, 1.54) is 14.7 Å². The SMILES string of the molecule is CC(C1CCCCN1S(=O)(=O)c1cc(Cl)ccc1OCC1CC1)N1CCCS1(=O)=O. The molecule has 0 amide bonds. The van der Waals surface area contributed by atoms with Crippen molar-refractivity contribution in [2.24, 2.45) is 5.92 Å². The van der Waals surface area contributed by atoms with E-state index in [1.54, 1.807) is 12.1 Å². The summed E-state index contributed by atoms with van der Waals surface area (Å²) in [6, 6.07) is 3.87. The van der Waals surface area contributed by atoms with Gasteiger partial charge in [0.25, 0.3) is 0 Å². The molecule has 0 radical (unpaired) electrons. The Hall–Kier alpha value is -0.870. The predicted molar refractivity (Wildman–Crippen MR) is 116 cm³/mol. The van der Waals surface area contributed by atoms with Gasteiger partial charge in [-0.15, -0.1) is 0 Å². The Labute approximate surface area is 184 Å². The smallest absolute Gasteiger partial charge is 0.247 e. The van der Waals surface area contributed by atoms with Crippen LogP contribution in [-0.4, -0.2) is 63.0 Å². The fourth-order valence-corrected chi connectivity index (χ4v) is 8.38. The van der Waals surface area contributed by atoms with Crippen LogP contribution in [0.5, 0.6) is 5.75 Å². The van der Waals surface area contributed by atoms with Crippen LogP contribution in [0.4, 0.5) is 0 Å². The summed E-state index contributed by atoms with van der Waals surface area (Å²) in [5.74, 6) is 0.931. The van der Waals surface area contributed by atoms with E-state index in [2.05, 4.69) is 0 Å². The molecule has 1 aliphatic carbocycles. The van der Waals surface area contributed by atoms with E-state index in [-0.39, 0.29) is 10.6 Å². The fraction of sp³-hybridized carbons (Fsp3) is 0.700. The van der Waals surface area contributed by atoms with Crippen LogP contribution in [0.2, 0.25) is 5.02 Å². The lowest BCUT2D eigenvalue weighted by molar-refractivity contribution is 0.168. The highest BCUT2D eigenvalue weighted by Crippen LogP contribution is 2.37. The highest BCUT2D eigenvalue weighted by molar-refractivity contribution is 7.89. The molecule has 30 heavy (non-hydrogen) atoms. The monoisotopic (exact) mass is 476 g/mol. The first-order valence-corrected chi connectivity index (χ1v) is 14.1. The van der Waals surface area contributed by atoms with Crippen LogP contribution in [0.3, 0.4) is 0 Å². The van der Waals surface area contributed by atoms with Gasteiger partial charge in [0.1, 0.15) is 10.6 Å². The number of hydrogen-bond acceptors (Lipinski definition) is 5. The Morgan fingerprint density at radius 3 is 2.60 bits per heavy atom. The van der Waals surface area contributed by atoms with Crippen molar-refractivity contribution >= 4 is 31.6 Å². The minimum Gasteiger partial charge on any atom is -0.492 e. The summed E-state index contributed by atoms with van der Waals surface area (Å²) in [6.07, 6.45) is 5.03. The molecular formula is C20H29ClN2O5S2. The number of piperidine rings is 1. The summed E-state index contributed by atoms with van der Waals surface area (Å²) in [7, 11) is -7.23. The molecule has 0 spiro atoms. The summed E-state index contributed by atoms with van der Waals surface area (Å²) in [5.41, 5.74) is 0.